The normalized spacial score (nSPS) is 11.5. The zero-order valence-electron chi connectivity index (χ0n) is 10.8. The van der Waals surface area contributed by atoms with Gasteiger partial charge in [-0.25, -0.2) is 0 Å². The smallest absolute Gasteiger partial charge is 0.282 e. The summed E-state index contributed by atoms with van der Waals surface area (Å²) in [6, 6.07) is 13.6. The van der Waals surface area contributed by atoms with E-state index in [-0.39, 0.29) is 4.90 Å². The van der Waals surface area contributed by atoms with Gasteiger partial charge in [-0.05, 0) is 17.7 Å². The maximum atomic E-state index is 11.5. The minimum absolute atomic E-state index is 0.138. The predicted molar refractivity (Wildman–Crippen MR) is 77.1 cm³/mol. The van der Waals surface area contributed by atoms with E-state index in [2.05, 4.69) is 15.4 Å². The minimum Gasteiger partial charge on any atom is -0.282 e. The van der Waals surface area contributed by atoms with Gasteiger partial charge in [0.05, 0.1) is 6.20 Å². The summed E-state index contributed by atoms with van der Waals surface area (Å²) in [7, 11) is -4.31. The van der Waals surface area contributed by atoms with Crippen LogP contribution in [0.2, 0.25) is 0 Å². The molecular weight excluding hydrogens is 290 g/mol. The molecule has 0 aliphatic heterocycles. The van der Waals surface area contributed by atoms with Crippen LogP contribution in [0, 0.1) is 0 Å². The Morgan fingerprint density at radius 3 is 2.38 bits per heavy atom. The topological polar surface area (TPSA) is 95.9 Å². The molecule has 0 bridgehead atoms. The number of hydrogen-bond acceptors (Lipinski definition) is 4. The molecule has 0 unspecified atom stereocenters. The lowest BCUT2D eigenvalue weighted by Crippen LogP contribution is -2.01. The number of H-pyrrole nitrogens is 1. The van der Waals surface area contributed by atoms with Crippen molar-refractivity contribution in [1.29, 1.82) is 0 Å². The van der Waals surface area contributed by atoms with Gasteiger partial charge in [0, 0.05) is 11.1 Å². The highest BCUT2D eigenvalue weighted by Gasteiger charge is 2.18. The molecule has 3 aromatic rings. The van der Waals surface area contributed by atoms with E-state index in [1.165, 1.54) is 12.3 Å². The summed E-state index contributed by atoms with van der Waals surface area (Å²) in [4.78, 5) is -0.138. The summed E-state index contributed by atoms with van der Waals surface area (Å²) in [6.07, 6.45) is 1.54. The van der Waals surface area contributed by atoms with Crippen molar-refractivity contribution in [2.45, 2.75) is 4.90 Å². The van der Waals surface area contributed by atoms with E-state index in [9.17, 15) is 13.0 Å². The van der Waals surface area contributed by atoms with Crippen LogP contribution in [-0.2, 0) is 10.1 Å². The third-order valence-corrected chi connectivity index (χ3v) is 3.96. The Balaban J connectivity index is 2.25. The maximum Gasteiger partial charge on any atom is 0.295 e. The van der Waals surface area contributed by atoms with E-state index in [1.54, 1.807) is 36.4 Å². The van der Waals surface area contributed by atoms with Gasteiger partial charge < -0.3 is 0 Å². The summed E-state index contributed by atoms with van der Waals surface area (Å²) in [6.45, 7) is 0. The van der Waals surface area contributed by atoms with Gasteiger partial charge in [0.1, 0.15) is 10.6 Å². The fourth-order valence-corrected chi connectivity index (χ4v) is 2.79. The highest BCUT2D eigenvalue weighted by Crippen LogP contribution is 2.31. The molecule has 0 aliphatic carbocycles. The highest BCUT2D eigenvalue weighted by molar-refractivity contribution is 7.86. The van der Waals surface area contributed by atoms with E-state index in [1.807, 2.05) is 6.07 Å². The van der Waals surface area contributed by atoms with Gasteiger partial charge in [-0.3, -0.25) is 4.55 Å². The lowest BCUT2D eigenvalue weighted by atomic mass is 10.0. The summed E-state index contributed by atoms with van der Waals surface area (Å²) in [5.74, 6) is 0. The minimum atomic E-state index is -4.31. The van der Waals surface area contributed by atoms with Gasteiger partial charge in [-0.1, -0.05) is 36.4 Å². The highest BCUT2D eigenvalue weighted by atomic mass is 32.2. The van der Waals surface area contributed by atoms with Crippen LogP contribution >= 0.6 is 0 Å². The van der Waals surface area contributed by atoms with Crippen molar-refractivity contribution in [3.63, 3.8) is 0 Å². The first-order chi connectivity index (χ1) is 10.1. The van der Waals surface area contributed by atoms with Crippen LogP contribution in [0.4, 0.5) is 0 Å². The van der Waals surface area contributed by atoms with Gasteiger partial charge in [-0.15, -0.1) is 0 Å². The van der Waals surface area contributed by atoms with Crippen LogP contribution in [0.15, 0.2) is 59.6 Å². The van der Waals surface area contributed by atoms with Gasteiger partial charge in [0.2, 0.25) is 0 Å². The third-order valence-electron chi connectivity index (χ3n) is 3.05. The first kappa shape index (κ1) is 13.5. The molecule has 1 heterocycles. The second-order valence-corrected chi connectivity index (χ2v) is 5.80. The van der Waals surface area contributed by atoms with Gasteiger partial charge in [-0.2, -0.15) is 23.8 Å². The van der Waals surface area contributed by atoms with E-state index in [0.717, 1.165) is 0 Å². The molecular formula is C14H11N3O3S. The van der Waals surface area contributed by atoms with Crippen molar-refractivity contribution in [3.8, 4) is 22.4 Å². The Morgan fingerprint density at radius 1 is 1.00 bits per heavy atom. The number of hydrogen-bond donors (Lipinski definition) is 2. The monoisotopic (exact) mass is 301 g/mol. The van der Waals surface area contributed by atoms with Crippen LogP contribution < -0.4 is 0 Å². The summed E-state index contributed by atoms with van der Waals surface area (Å²) in [5, 5.41) is 10.2. The second kappa shape index (κ2) is 5.12. The number of rotatable bonds is 3. The molecule has 0 fully saturated rings. The lowest BCUT2D eigenvalue weighted by molar-refractivity contribution is 0.483. The largest absolute Gasteiger partial charge is 0.295 e. The van der Waals surface area contributed by atoms with E-state index < -0.39 is 10.1 Å². The van der Waals surface area contributed by atoms with E-state index in [0.29, 0.717) is 22.4 Å². The molecule has 0 amide bonds. The number of benzene rings is 2. The van der Waals surface area contributed by atoms with Crippen molar-refractivity contribution >= 4 is 10.1 Å². The molecule has 2 aromatic carbocycles. The van der Waals surface area contributed by atoms with Crippen LogP contribution in [0.5, 0.6) is 0 Å². The zero-order chi connectivity index (χ0) is 14.9. The summed E-state index contributed by atoms with van der Waals surface area (Å²) >= 11 is 0. The van der Waals surface area contributed by atoms with Crippen LogP contribution in [0.3, 0.4) is 0 Å². The maximum absolute atomic E-state index is 11.5. The SMILES string of the molecule is O=S(=O)(O)c1ccc(-c2cn[nH]n2)cc1-c1ccccc1. The van der Waals surface area contributed by atoms with Crippen molar-refractivity contribution in [2.24, 2.45) is 0 Å². The summed E-state index contributed by atoms with van der Waals surface area (Å²) < 4.78 is 32.5. The second-order valence-electron chi connectivity index (χ2n) is 4.41. The predicted octanol–water partition coefficient (Wildman–Crippen LogP) is 2.39. The molecule has 6 nitrogen and oxygen atoms in total. The first-order valence-electron chi connectivity index (χ1n) is 6.09. The lowest BCUT2D eigenvalue weighted by Gasteiger charge is -2.09. The fraction of sp³-hybridized carbons (Fsp3) is 0. The molecule has 0 aliphatic rings. The molecule has 106 valence electrons. The van der Waals surface area contributed by atoms with Crippen molar-refractivity contribution in [3.05, 3.63) is 54.7 Å². The quantitative estimate of drug-likeness (QED) is 0.724. The Hall–Kier alpha value is -2.51. The summed E-state index contributed by atoms with van der Waals surface area (Å²) in [5.41, 5.74) is 2.40. The average molecular weight is 301 g/mol. The van der Waals surface area contributed by atoms with Crippen LogP contribution in [0.1, 0.15) is 0 Å². The third kappa shape index (κ3) is 2.69. The number of aromatic nitrogens is 3. The van der Waals surface area contributed by atoms with Crippen molar-refractivity contribution in [1.82, 2.24) is 15.4 Å². The molecule has 0 saturated heterocycles. The van der Waals surface area contributed by atoms with E-state index >= 15 is 0 Å². The molecule has 2 N–H and O–H groups in total. The van der Waals surface area contributed by atoms with Crippen LogP contribution in [-0.4, -0.2) is 28.4 Å². The van der Waals surface area contributed by atoms with Gasteiger partial charge in [0.15, 0.2) is 0 Å². The number of nitrogens with zero attached hydrogens (tertiary/aromatic N) is 2. The molecule has 0 atom stereocenters. The molecule has 0 radical (unpaired) electrons. The van der Waals surface area contributed by atoms with Gasteiger partial charge in [0.25, 0.3) is 10.1 Å². The Labute approximate surface area is 121 Å². The zero-order valence-corrected chi connectivity index (χ0v) is 11.6. The Morgan fingerprint density at radius 2 is 1.76 bits per heavy atom. The van der Waals surface area contributed by atoms with E-state index in [4.69, 9.17) is 0 Å². The molecule has 1 aromatic heterocycles. The van der Waals surface area contributed by atoms with Gasteiger partial charge >= 0.3 is 0 Å². The Bertz CT molecular complexity index is 860. The Kier molecular flexibility index (Phi) is 3.28. The van der Waals surface area contributed by atoms with Crippen molar-refractivity contribution < 1.29 is 13.0 Å². The first-order valence-corrected chi connectivity index (χ1v) is 7.53. The van der Waals surface area contributed by atoms with Crippen molar-refractivity contribution in [2.75, 3.05) is 0 Å². The molecule has 3 rings (SSSR count). The fourth-order valence-electron chi connectivity index (χ4n) is 2.10. The number of aromatic amines is 1. The molecule has 21 heavy (non-hydrogen) atoms. The standard InChI is InChI=1S/C14H11N3O3S/c18-21(19,20)14-7-6-11(13-9-15-17-16-13)8-12(14)10-4-2-1-3-5-10/h1-9H,(H,15,16,17)(H,18,19,20). The van der Waals surface area contributed by atoms with Crippen LogP contribution in [0.25, 0.3) is 22.4 Å². The average Bonchev–Trinajstić information content (AvgIpc) is 3.01. The number of nitrogens with one attached hydrogen (secondary N) is 1. The molecule has 0 spiro atoms. The molecule has 0 saturated carbocycles. The molecule has 7 heteroatoms.